The predicted octanol–water partition coefficient (Wildman–Crippen LogP) is 1.80. The summed E-state index contributed by atoms with van der Waals surface area (Å²) in [4.78, 5) is 15.8. The molecule has 1 aromatic rings. The van der Waals surface area contributed by atoms with E-state index in [1.165, 1.54) is 0 Å². The molecular weight excluding hydrogens is 250 g/mol. The van der Waals surface area contributed by atoms with Crippen molar-refractivity contribution in [1.82, 2.24) is 15.1 Å². The number of carbonyl (C=O) groups is 1. The van der Waals surface area contributed by atoms with Gasteiger partial charge in [-0.15, -0.1) is 0 Å². The number of piperazine rings is 1. The van der Waals surface area contributed by atoms with Gasteiger partial charge in [-0.2, -0.15) is 0 Å². The molecule has 5 heteroatoms. The van der Waals surface area contributed by atoms with Gasteiger partial charge < -0.3 is 15.1 Å². The maximum absolute atomic E-state index is 12.2. The number of nitrogens with one attached hydrogen (secondary N) is 1. The van der Waals surface area contributed by atoms with Crippen molar-refractivity contribution in [2.45, 2.75) is 6.54 Å². The number of carbonyl (C=O) groups excluding carboxylic acids is 1. The monoisotopic (exact) mass is 267 g/mol. The second-order valence-electron chi connectivity index (χ2n) is 4.50. The molecule has 0 spiro atoms. The van der Waals surface area contributed by atoms with Crippen LogP contribution in [0.25, 0.3) is 0 Å². The van der Waals surface area contributed by atoms with Gasteiger partial charge in [-0.1, -0.05) is 23.7 Å². The molecule has 1 saturated heterocycles. The third-order valence-electron chi connectivity index (χ3n) is 3.05. The summed E-state index contributed by atoms with van der Waals surface area (Å²) in [6.45, 7) is 3.93. The molecule has 18 heavy (non-hydrogen) atoms. The summed E-state index contributed by atoms with van der Waals surface area (Å²) < 4.78 is 0. The standard InChI is InChI=1S/C13H18ClN3O/c1-16(10-11-2-4-12(14)5-3-11)13(18)17-8-6-15-7-9-17/h2-5,15H,6-10H2,1H3. The van der Waals surface area contributed by atoms with Crippen molar-refractivity contribution >= 4 is 17.6 Å². The van der Waals surface area contributed by atoms with E-state index in [0.29, 0.717) is 6.54 Å². The quantitative estimate of drug-likeness (QED) is 0.887. The lowest BCUT2D eigenvalue weighted by Crippen LogP contribution is -2.50. The second-order valence-corrected chi connectivity index (χ2v) is 4.94. The zero-order chi connectivity index (χ0) is 13.0. The Hall–Kier alpha value is -1.26. The predicted molar refractivity (Wildman–Crippen MR) is 72.8 cm³/mol. The summed E-state index contributed by atoms with van der Waals surface area (Å²) in [5, 5.41) is 3.95. The van der Waals surface area contributed by atoms with Crippen LogP contribution in [0.3, 0.4) is 0 Å². The summed E-state index contributed by atoms with van der Waals surface area (Å²) in [7, 11) is 1.83. The van der Waals surface area contributed by atoms with Crippen molar-refractivity contribution in [2.75, 3.05) is 33.2 Å². The van der Waals surface area contributed by atoms with Gasteiger partial charge in [0.25, 0.3) is 0 Å². The summed E-state index contributed by atoms with van der Waals surface area (Å²) in [5.41, 5.74) is 1.09. The van der Waals surface area contributed by atoms with E-state index in [4.69, 9.17) is 11.6 Å². The van der Waals surface area contributed by atoms with E-state index >= 15 is 0 Å². The number of benzene rings is 1. The molecule has 0 atom stereocenters. The minimum atomic E-state index is 0.0893. The first-order valence-electron chi connectivity index (χ1n) is 6.12. The minimum absolute atomic E-state index is 0.0893. The van der Waals surface area contributed by atoms with E-state index in [9.17, 15) is 4.79 Å². The number of urea groups is 1. The van der Waals surface area contributed by atoms with Crippen molar-refractivity contribution in [3.63, 3.8) is 0 Å². The molecule has 1 heterocycles. The van der Waals surface area contributed by atoms with Crippen LogP contribution in [-0.4, -0.2) is 49.1 Å². The Bertz CT molecular complexity index is 401. The molecule has 1 N–H and O–H groups in total. The molecule has 1 aromatic carbocycles. The highest BCUT2D eigenvalue weighted by atomic mass is 35.5. The molecule has 0 unspecified atom stereocenters. The van der Waals surface area contributed by atoms with E-state index in [2.05, 4.69) is 5.32 Å². The first kappa shape index (κ1) is 13.2. The smallest absolute Gasteiger partial charge is 0.320 e. The molecule has 1 aliphatic rings. The van der Waals surface area contributed by atoms with Crippen LogP contribution in [-0.2, 0) is 6.54 Å². The van der Waals surface area contributed by atoms with Gasteiger partial charge in [0, 0.05) is 44.8 Å². The Balaban J connectivity index is 1.92. The topological polar surface area (TPSA) is 35.6 Å². The zero-order valence-electron chi connectivity index (χ0n) is 10.5. The molecular formula is C13H18ClN3O. The highest BCUT2D eigenvalue weighted by molar-refractivity contribution is 6.30. The molecule has 0 bridgehead atoms. The Kier molecular flexibility index (Phi) is 4.44. The number of halogens is 1. The summed E-state index contributed by atoms with van der Waals surface area (Å²) in [6, 6.07) is 7.68. The lowest BCUT2D eigenvalue weighted by Gasteiger charge is -2.31. The van der Waals surface area contributed by atoms with Crippen LogP contribution in [0, 0.1) is 0 Å². The molecule has 2 rings (SSSR count). The van der Waals surface area contributed by atoms with Crippen LogP contribution in [0.15, 0.2) is 24.3 Å². The van der Waals surface area contributed by atoms with E-state index in [1.807, 2.05) is 36.2 Å². The average molecular weight is 268 g/mol. The van der Waals surface area contributed by atoms with Gasteiger partial charge >= 0.3 is 6.03 Å². The van der Waals surface area contributed by atoms with Gasteiger partial charge in [0.2, 0.25) is 0 Å². The molecule has 0 aliphatic carbocycles. The Morgan fingerprint density at radius 2 is 1.94 bits per heavy atom. The summed E-state index contributed by atoms with van der Waals surface area (Å²) in [5.74, 6) is 0. The van der Waals surface area contributed by atoms with Crippen molar-refractivity contribution in [1.29, 1.82) is 0 Å². The number of hydrogen-bond acceptors (Lipinski definition) is 2. The number of hydrogen-bond donors (Lipinski definition) is 1. The summed E-state index contributed by atoms with van der Waals surface area (Å²) in [6.07, 6.45) is 0. The van der Waals surface area contributed by atoms with Gasteiger partial charge in [0.05, 0.1) is 0 Å². The molecule has 4 nitrogen and oxygen atoms in total. The van der Waals surface area contributed by atoms with E-state index in [1.54, 1.807) is 4.90 Å². The molecule has 0 aromatic heterocycles. The Morgan fingerprint density at radius 3 is 2.56 bits per heavy atom. The number of amides is 2. The van der Waals surface area contributed by atoms with Gasteiger partial charge in [0.15, 0.2) is 0 Å². The number of rotatable bonds is 2. The minimum Gasteiger partial charge on any atom is -0.323 e. The average Bonchev–Trinajstić information content (AvgIpc) is 2.41. The van der Waals surface area contributed by atoms with Crippen LogP contribution in [0.2, 0.25) is 5.02 Å². The van der Waals surface area contributed by atoms with Crippen LogP contribution >= 0.6 is 11.6 Å². The zero-order valence-corrected chi connectivity index (χ0v) is 11.3. The highest BCUT2D eigenvalue weighted by Gasteiger charge is 2.19. The maximum atomic E-state index is 12.2. The Morgan fingerprint density at radius 1 is 1.33 bits per heavy atom. The third kappa shape index (κ3) is 3.37. The molecule has 1 fully saturated rings. The fourth-order valence-electron chi connectivity index (χ4n) is 2.03. The van der Waals surface area contributed by atoms with Gasteiger partial charge in [-0.25, -0.2) is 4.79 Å². The molecule has 2 amide bonds. The van der Waals surface area contributed by atoms with E-state index in [-0.39, 0.29) is 6.03 Å². The molecule has 98 valence electrons. The van der Waals surface area contributed by atoms with Crippen molar-refractivity contribution < 1.29 is 4.79 Å². The first-order chi connectivity index (χ1) is 8.66. The fraction of sp³-hybridized carbons (Fsp3) is 0.462. The van der Waals surface area contributed by atoms with Gasteiger partial charge in [0.1, 0.15) is 0 Å². The highest BCUT2D eigenvalue weighted by Crippen LogP contribution is 2.11. The fourth-order valence-corrected chi connectivity index (χ4v) is 2.15. The largest absolute Gasteiger partial charge is 0.323 e. The van der Waals surface area contributed by atoms with Crippen LogP contribution in [0.5, 0.6) is 0 Å². The van der Waals surface area contributed by atoms with E-state index < -0.39 is 0 Å². The molecule has 0 saturated carbocycles. The lowest BCUT2D eigenvalue weighted by molar-refractivity contribution is 0.154. The molecule has 0 radical (unpaired) electrons. The van der Waals surface area contributed by atoms with Gasteiger partial charge in [-0.3, -0.25) is 0 Å². The third-order valence-corrected chi connectivity index (χ3v) is 3.30. The first-order valence-corrected chi connectivity index (χ1v) is 6.50. The molecule has 1 aliphatic heterocycles. The van der Waals surface area contributed by atoms with Crippen LogP contribution in [0.1, 0.15) is 5.56 Å². The van der Waals surface area contributed by atoms with Crippen LogP contribution in [0.4, 0.5) is 4.79 Å². The second kappa shape index (κ2) is 6.07. The maximum Gasteiger partial charge on any atom is 0.320 e. The Labute approximate surface area is 113 Å². The van der Waals surface area contributed by atoms with Crippen molar-refractivity contribution in [3.05, 3.63) is 34.9 Å². The van der Waals surface area contributed by atoms with Crippen molar-refractivity contribution in [3.8, 4) is 0 Å². The summed E-state index contributed by atoms with van der Waals surface area (Å²) >= 11 is 5.84. The lowest BCUT2D eigenvalue weighted by atomic mass is 10.2. The van der Waals surface area contributed by atoms with Gasteiger partial charge in [-0.05, 0) is 17.7 Å². The van der Waals surface area contributed by atoms with Crippen molar-refractivity contribution in [2.24, 2.45) is 0 Å². The van der Waals surface area contributed by atoms with Crippen LogP contribution < -0.4 is 5.32 Å². The SMILES string of the molecule is CN(Cc1ccc(Cl)cc1)C(=O)N1CCNCC1. The number of nitrogens with zero attached hydrogens (tertiary/aromatic N) is 2. The van der Waals surface area contributed by atoms with E-state index in [0.717, 1.165) is 36.8 Å². The normalized spacial score (nSPS) is 15.6.